The van der Waals surface area contributed by atoms with Gasteiger partial charge in [-0.1, -0.05) is 60.7 Å². The third-order valence-electron chi connectivity index (χ3n) is 7.17. The van der Waals surface area contributed by atoms with E-state index >= 15 is 0 Å². The normalized spacial score (nSPS) is 20.8. The van der Waals surface area contributed by atoms with Crippen LogP contribution in [-0.2, 0) is 15.9 Å². The molecule has 2 aromatic heterocycles. The van der Waals surface area contributed by atoms with Crippen LogP contribution in [0.1, 0.15) is 28.6 Å². The molecule has 4 atom stereocenters. The number of benzene rings is 3. The molecule has 1 saturated heterocycles. The van der Waals surface area contributed by atoms with Gasteiger partial charge in [0.2, 0.25) is 0 Å². The van der Waals surface area contributed by atoms with Crippen molar-refractivity contribution in [1.82, 2.24) is 19.5 Å². The molecular formula is C30H29N5O5. The molecule has 1 amide bonds. The zero-order valence-electron chi connectivity index (χ0n) is 21.6. The predicted molar refractivity (Wildman–Crippen MR) is 149 cm³/mol. The molecule has 0 spiro atoms. The van der Waals surface area contributed by atoms with Crippen molar-refractivity contribution in [3.8, 4) is 0 Å². The average Bonchev–Trinajstić information content (AvgIpc) is 3.56. The molecule has 3 heterocycles. The lowest BCUT2D eigenvalue weighted by Gasteiger charge is -2.22. The second kappa shape index (κ2) is 11.5. The summed E-state index contributed by atoms with van der Waals surface area (Å²) in [6, 6.07) is 23.3. The zero-order chi connectivity index (χ0) is 27.5. The first kappa shape index (κ1) is 26.0. The maximum Gasteiger partial charge on any atom is 0.256 e. The van der Waals surface area contributed by atoms with E-state index in [0.717, 1.165) is 12.8 Å². The molecule has 1 aliphatic rings. The summed E-state index contributed by atoms with van der Waals surface area (Å²) in [6.45, 7) is 0.0104. The molecule has 5 aromatic rings. The van der Waals surface area contributed by atoms with Crippen molar-refractivity contribution < 1.29 is 24.5 Å². The number of nitrogens with one attached hydrogen (secondary N) is 1. The highest BCUT2D eigenvalue weighted by Crippen LogP contribution is 2.34. The molecule has 3 N–H and O–H groups in total. The largest absolute Gasteiger partial charge is 0.394 e. The van der Waals surface area contributed by atoms with Crippen LogP contribution in [0.25, 0.3) is 21.9 Å². The highest BCUT2D eigenvalue weighted by atomic mass is 16.6. The van der Waals surface area contributed by atoms with Gasteiger partial charge in [-0.05, 0) is 41.3 Å². The van der Waals surface area contributed by atoms with E-state index < -0.39 is 24.5 Å². The number of aliphatic hydroxyl groups is 2. The second-order valence-electron chi connectivity index (χ2n) is 9.68. The topological polar surface area (TPSA) is 132 Å². The first-order valence-electron chi connectivity index (χ1n) is 13.2. The molecule has 0 saturated carbocycles. The van der Waals surface area contributed by atoms with E-state index in [1.807, 2.05) is 18.2 Å². The third kappa shape index (κ3) is 5.05. The number of amides is 1. The molecule has 3 aromatic carbocycles. The summed E-state index contributed by atoms with van der Waals surface area (Å²) in [6.07, 6.45) is 0.952. The number of nitrogens with zero attached hydrogens (tertiary/aromatic N) is 4. The summed E-state index contributed by atoms with van der Waals surface area (Å²) in [7, 11) is 0. The number of carbonyl (C=O) groups is 1. The monoisotopic (exact) mass is 539 g/mol. The fourth-order valence-electron chi connectivity index (χ4n) is 5.16. The Labute approximate surface area is 230 Å². The van der Waals surface area contributed by atoms with Crippen molar-refractivity contribution in [3.63, 3.8) is 0 Å². The quantitative estimate of drug-likeness (QED) is 0.243. The van der Waals surface area contributed by atoms with E-state index in [4.69, 9.17) is 9.47 Å². The average molecular weight is 540 g/mol. The Bertz CT molecular complexity index is 1620. The van der Waals surface area contributed by atoms with E-state index in [-0.39, 0.29) is 18.3 Å². The van der Waals surface area contributed by atoms with Gasteiger partial charge in [-0.15, -0.1) is 0 Å². The Morgan fingerprint density at radius 3 is 2.65 bits per heavy atom. The summed E-state index contributed by atoms with van der Waals surface area (Å²) in [5.74, 6) is -0.0714. The van der Waals surface area contributed by atoms with Gasteiger partial charge in [-0.2, -0.15) is 0 Å². The van der Waals surface area contributed by atoms with Crippen LogP contribution in [-0.4, -0.2) is 67.2 Å². The number of fused-ring (bicyclic) bond motifs is 2. The van der Waals surface area contributed by atoms with Gasteiger partial charge in [0.15, 0.2) is 23.2 Å². The predicted octanol–water partition coefficient (Wildman–Crippen LogP) is 3.50. The standard InChI is InChI=1S/C30H29N5O5/c36-16-23-25(37)26(39-15-7-13-20-12-6-11-19-8-4-5-14-22(19)20)30(40-23)35-18-33-24-27(31-17-32-28(24)35)34-29(38)21-9-2-1-3-10-21/h1-6,8-12,14,17-18,23,25-26,30,36-37H,7,13,15-16H2,(H,31,32,34,38)/t23-,25-,26-,30-/m1/s1. The number of aromatic nitrogens is 4. The summed E-state index contributed by atoms with van der Waals surface area (Å²) in [5, 5.41) is 25.9. The minimum absolute atomic E-state index is 0.252. The summed E-state index contributed by atoms with van der Waals surface area (Å²) < 4.78 is 13.8. The molecule has 0 radical (unpaired) electrons. The van der Waals surface area contributed by atoms with Gasteiger partial charge in [0.1, 0.15) is 24.6 Å². The lowest BCUT2D eigenvalue weighted by molar-refractivity contribution is -0.0708. The molecule has 40 heavy (non-hydrogen) atoms. The van der Waals surface area contributed by atoms with Crippen molar-refractivity contribution in [3.05, 3.63) is 96.6 Å². The van der Waals surface area contributed by atoms with Crippen LogP contribution in [0.15, 0.2) is 85.5 Å². The minimum atomic E-state index is -1.05. The van der Waals surface area contributed by atoms with Crippen molar-refractivity contribution in [2.45, 2.75) is 37.4 Å². The lowest BCUT2D eigenvalue weighted by Crippen LogP contribution is -2.35. The Morgan fingerprint density at radius 1 is 1.00 bits per heavy atom. The second-order valence-corrected chi connectivity index (χ2v) is 9.68. The number of hydrogen-bond acceptors (Lipinski definition) is 8. The number of aryl methyl sites for hydroxylation is 1. The van der Waals surface area contributed by atoms with E-state index in [1.54, 1.807) is 28.8 Å². The molecule has 1 aliphatic heterocycles. The van der Waals surface area contributed by atoms with Crippen LogP contribution in [0.3, 0.4) is 0 Å². The molecule has 0 bridgehead atoms. The van der Waals surface area contributed by atoms with Gasteiger partial charge < -0.3 is 25.0 Å². The van der Waals surface area contributed by atoms with Gasteiger partial charge in [0, 0.05) is 12.2 Å². The Kier molecular flexibility index (Phi) is 7.47. The number of carbonyl (C=O) groups excluding carboxylic acids is 1. The van der Waals surface area contributed by atoms with Crippen LogP contribution in [0.2, 0.25) is 0 Å². The first-order chi connectivity index (χ1) is 19.6. The number of ether oxygens (including phenoxy) is 2. The number of rotatable bonds is 9. The maximum absolute atomic E-state index is 12.7. The van der Waals surface area contributed by atoms with Crippen LogP contribution in [0.4, 0.5) is 5.82 Å². The van der Waals surface area contributed by atoms with E-state index in [0.29, 0.717) is 23.3 Å². The van der Waals surface area contributed by atoms with E-state index in [1.165, 1.54) is 29.0 Å². The molecule has 10 heteroatoms. The van der Waals surface area contributed by atoms with Gasteiger partial charge >= 0.3 is 0 Å². The van der Waals surface area contributed by atoms with Crippen molar-refractivity contribution in [2.24, 2.45) is 0 Å². The van der Waals surface area contributed by atoms with Gasteiger partial charge in [-0.3, -0.25) is 9.36 Å². The Morgan fingerprint density at radius 2 is 1.80 bits per heavy atom. The molecule has 6 rings (SSSR count). The molecule has 0 aliphatic carbocycles. The molecule has 1 fully saturated rings. The Hall–Kier alpha value is -4.22. The highest BCUT2D eigenvalue weighted by Gasteiger charge is 2.45. The fraction of sp³-hybridized carbons (Fsp3) is 0.267. The maximum atomic E-state index is 12.7. The van der Waals surface area contributed by atoms with Crippen molar-refractivity contribution >= 4 is 33.7 Å². The van der Waals surface area contributed by atoms with Gasteiger partial charge in [0.05, 0.1) is 12.9 Å². The van der Waals surface area contributed by atoms with E-state index in [9.17, 15) is 15.0 Å². The molecular weight excluding hydrogens is 510 g/mol. The van der Waals surface area contributed by atoms with E-state index in [2.05, 4.69) is 50.6 Å². The van der Waals surface area contributed by atoms with Crippen LogP contribution in [0, 0.1) is 0 Å². The van der Waals surface area contributed by atoms with Gasteiger partial charge in [-0.25, -0.2) is 15.0 Å². The zero-order valence-corrected chi connectivity index (χ0v) is 21.6. The minimum Gasteiger partial charge on any atom is -0.394 e. The van der Waals surface area contributed by atoms with Crippen molar-refractivity contribution in [1.29, 1.82) is 0 Å². The lowest BCUT2D eigenvalue weighted by atomic mass is 10.0. The van der Waals surface area contributed by atoms with Gasteiger partial charge in [0.25, 0.3) is 5.91 Å². The molecule has 10 nitrogen and oxygen atoms in total. The highest BCUT2D eigenvalue weighted by molar-refractivity contribution is 6.06. The Balaban J connectivity index is 1.19. The number of imidazole rings is 1. The summed E-state index contributed by atoms with van der Waals surface area (Å²) in [5.41, 5.74) is 2.49. The van der Waals surface area contributed by atoms with Crippen LogP contribution < -0.4 is 5.32 Å². The smallest absolute Gasteiger partial charge is 0.256 e. The third-order valence-corrected chi connectivity index (χ3v) is 7.17. The van der Waals surface area contributed by atoms with Crippen molar-refractivity contribution in [2.75, 3.05) is 18.5 Å². The van der Waals surface area contributed by atoms with Crippen LogP contribution >= 0.6 is 0 Å². The number of hydrogen-bond donors (Lipinski definition) is 3. The number of anilines is 1. The summed E-state index contributed by atoms with van der Waals surface area (Å²) in [4.78, 5) is 25.7. The first-order valence-corrected chi connectivity index (χ1v) is 13.2. The van der Waals surface area contributed by atoms with Crippen LogP contribution in [0.5, 0.6) is 0 Å². The summed E-state index contributed by atoms with van der Waals surface area (Å²) >= 11 is 0. The number of aliphatic hydroxyl groups excluding tert-OH is 2. The molecule has 0 unspecified atom stereocenters. The molecule has 204 valence electrons. The fourth-order valence-corrected chi connectivity index (χ4v) is 5.16. The SMILES string of the molecule is O=C(Nc1ncnc2c1ncn2[C@@H]1O[C@H](CO)[C@@H](O)[C@H]1OCCCc1cccc2ccccc12)c1ccccc1.